The van der Waals surface area contributed by atoms with Crippen molar-refractivity contribution >= 4 is 11.6 Å². The summed E-state index contributed by atoms with van der Waals surface area (Å²) in [5.74, 6) is 0.833. The van der Waals surface area contributed by atoms with Gasteiger partial charge in [0.1, 0.15) is 0 Å². The van der Waals surface area contributed by atoms with Gasteiger partial charge in [-0.25, -0.2) is 0 Å². The Kier molecular flexibility index (Phi) is 18.4. The normalized spacial score (nSPS) is 9.06. The predicted molar refractivity (Wildman–Crippen MR) is 88.4 cm³/mol. The number of hydrogen-bond acceptors (Lipinski definition) is 0. The minimum absolute atomic E-state index is 0.500. The summed E-state index contributed by atoms with van der Waals surface area (Å²) in [5.41, 5.74) is 0.500. The monoisotopic (exact) mass is 272 g/mol. The molecule has 0 radical (unpaired) electrons. The standard InChI is InChI=1S/C6H5Cl.C5H12.C4H10.C2H6/c7-6-4-2-1-3-5-6;1-5(2,3)4;1-4(2)3;1-2/h1-5H;1-4H3;4H,1-3H3;1-2H3. The van der Waals surface area contributed by atoms with E-state index < -0.39 is 0 Å². The fourth-order valence-corrected chi connectivity index (χ4v) is 0.560. The van der Waals surface area contributed by atoms with Crippen LogP contribution >= 0.6 is 11.6 Å². The van der Waals surface area contributed by atoms with Crippen molar-refractivity contribution in [1.29, 1.82) is 0 Å². The molecule has 1 aromatic carbocycles. The molecule has 1 heteroatoms. The molecule has 108 valence electrons. The summed E-state index contributed by atoms with van der Waals surface area (Å²) in [6.45, 7) is 19.2. The topological polar surface area (TPSA) is 0 Å². The van der Waals surface area contributed by atoms with Crippen LogP contribution in [-0.2, 0) is 0 Å². The van der Waals surface area contributed by atoms with Crippen LogP contribution in [0.1, 0.15) is 62.3 Å². The fraction of sp³-hybridized carbons (Fsp3) is 0.647. The third-order valence-corrected chi connectivity index (χ3v) is 0.985. The Labute approximate surface area is 121 Å². The van der Waals surface area contributed by atoms with E-state index in [2.05, 4.69) is 48.5 Å². The van der Waals surface area contributed by atoms with Crippen molar-refractivity contribution in [3.05, 3.63) is 35.4 Å². The van der Waals surface area contributed by atoms with Crippen molar-refractivity contribution in [2.45, 2.75) is 62.3 Å². The lowest BCUT2D eigenvalue weighted by Crippen LogP contribution is -1.93. The van der Waals surface area contributed by atoms with E-state index in [4.69, 9.17) is 11.6 Å². The van der Waals surface area contributed by atoms with Crippen molar-refractivity contribution in [3.63, 3.8) is 0 Å². The highest BCUT2D eigenvalue weighted by atomic mass is 35.5. The summed E-state index contributed by atoms with van der Waals surface area (Å²) < 4.78 is 0. The van der Waals surface area contributed by atoms with Gasteiger partial charge in [-0.15, -0.1) is 0 Å². The van der Waals surface area contributed by atoms with E-state index in [1.807, 2.05) is 44.2 Å². The molecule has 0 atom stereocenters. The quantitative estimate of drug-likeness (QED) is 0.473. The van der Waals surface area contributed by atoms with Crippen LogP contribution in [0.25, 0.3) is 0 Å². The van der Waals surface area contributed by atoms with E-state index in [1.54, 1.807) is 0 Å². The van der Waals surface area contributed by atoms with Crippen LogP contribution in [0.4, 0.5) is 0 Å². The molecular formula is C17H33Cl. The van der Waals surface area contributed by atoms with Crippen LogP contribution in [0.3, 0.4) is 0 Å². The Morgan fingerprint density at radius 2 is 1.06 bits per heavy atom. The molecule has 0 bridgehead atoms. The third kappa shape index (κ3) is 57.9. The summed E-state index contributed by atoms with van der Waals surface area (Å²) in [4.78, 5) is 0. The molecule has 0 nitrogen and oxygen atoms in total. The molecule has 0 N–H and O–H groups in total. The maximum Gasteiger partial charge on any atom is 0.0405 e. The zero-order chi connectivity index (χ0) is 15.2. The van der Waals surface area contributed by atoms with Crippen LogP contribution in [0.2, 0.25) is 5.02 Å². The summed E-state index contributed by atoms with van der Waals surface area (Å²) in [7, 11) is 0. The van der Waals surface area contributed by atoms with E-state index >= 15 is 0 Å². The highest BCUT2D eigenvalue weighted by Crippen LogP contribution is 2.08. The molecule has 0 saturated carbocycles. The highest BCUT2D eigenvalue weighted by molar-refractivity contribution is 6.30. The zero-order valence-corrected chi connectivity index (χ0v) is 14.6. The maximum atomic E-state index is 5.54. The van der Waals surface area contributed by atoms with Crippen molar-refractivity contribution in [2.24, 2.45) is 11.3 Å². The summed E-state index contributed by atoms with van der Waals surface area (Å²) in [6, 6.07) is 9.44. The molecule has 0 amide bonds. The van der Waals surface area contributed by atoms with E-state index in [-0.39, 0.29) is 0 Å². The lowest BCUT2D eigenvalue weighted by atomic mass is 10.0. The Morgan fingerprint density at radius 3 is 1.17 bits per heavy atom. The SMILES string of the molecule is CC.CC(C)(C)C.CC(C)C.Clc1ccccc1. The van der Waals surface area contributed by atoms with Gasteiger partial charge in [0, 0.05) is 5.02 Å². The van der Waals surface area contributed by atoms with Gasteiger partial charge in [-0.1, -0.05) is 92.1 Å². The number of halogens is 1. The molecule has 0 fully saturated rings. The lowest BCUT2D eigenvalue weighted by molar-refractivity contribution is 0.469. The summed E-state index contributed by atoms with van der Waals surface area (Å²) >= 11 is 5.54. The second kappa shape index (κ2) is 14.6. The van der Waals surface area contributed by atoms with Gasteiger partial charge in [0.05, 0.1) is 0 Å². The van der Waals surface area contributed by atoms with Crippen molar-refractivity contribution in [2.75, 3.05) is 0 Å². The minimum Gasteiger partial charge on any atom is -0.0843 e. The predicted octanol–water partition coefficient (Wildman–Crippen LogP) is 7.08. The Hall–Kier alpha value is -0.490. The van der Waals surface area contributed by atoms with Gasteiger partial charge < -0.3 is 0 Å². The highest BCUT2D eigenvalue weighted by Gasteiger charge is 1.95. The van der Waals surface area contributed by atoms with Gasteiger partial charge in [-0.3, -0.25) is 0 Å². The van der Waals surface area contributed by atoms with Crippen LogP contribution < -0.4 is 0 Å². The summed E-state index contributed by atoms with van der Waals surface area (Å²) in [5, 5.41) is 0.794. The van der Waals surface area contributed by atoms with Crippen LogP contribution in [0, 0.1) is 11.3 Å². The van der Waals surface area contributed by atoms with Gasteiger partial charge >= 0.3 is 0 Å². The molecule has 18 heavy (non-hydrogen) atoms. The smallest absolute Gasteiger partial charge is 0.0405 e. The molecule has 0 aromatic heterocycles. The minimum atomic E-state index is 0.500. The first-order valence-corrected chi connectivity index (χ1v) is 7.21. The van der Waals surface area contributed by atoms with Crippen molar-refractivity contribution in [1.82, 2.24) is 0 Å². The number of benzene rings is 1. The van der Waals surface area contributed by atoms with Crippen molar-refractivity contribution < 1.29 is 0 Å². The van der Waals surface area contributed by atoms with E-state index in [1.165, 1.54) is 0 Å². The largest absolute Gasteiger partial charge is 0.0843 e. The first-order chi connectivity index (χ1) is 8.13. The summed E-state index contributed by atoms with van der Waals surface area (Å²) in [6.07, 6.45) is 0. The maximum absolute atomic E-state index is 5.54. The molecular weight excluding hydrogens is 240 g/mol. The molecule has 0 aliphatic heterocycles. The average molecular weight is 273 g/mol. The average Bonchev–Trinajstić information content (AvgIpc) is 2.18. The number of rotatable bonds is 0. The molecule has 0 aliphatic rings. The Balaban J connectivity index is -0.000000183. The first-order valence-electron chi connectivity index (χ1n) is 6.83. The van der Waals surface area contributed by atoms with Crippen LogP contribution in [0.15, 0.2) is 30.3 Å². The second-order valence-electron chi connectivity index (χ2n) is 6.03. The van der Waals surface area contributed by atoms with Gasteiger partial charge in [0.15, 0.2) is 0 Å². The van der Waals surface area contributed by atoms with Crippen LogP contribution in [0.5, 0.6) is 0 Å². The second-order valence-corrected chi connectivity index (χ2v) is 6.46. The zero-order valence-electron chi connectivity index (χ0n) is 13.8. The fourth-order valence-electron chi connectivity index (χ4n) is 0.415. The van der Waals surface area contributed by atoms with Gasteiger partial charge in [-0.05, 0) is 23.5 Å². The van der Waals surface area contributed by atoms with Gasteiger partial charge in [-0.2, -0.15) is 0 Å². The van der Waals surface area contributed by atoms with Crippen molar-refractivity contribution in [3.8, 4) is 0 Å². The first kappa shape index (κ1) is 22.7. The molecule has 0 aliphatic carbocycles. The van der Waals surface area contributed by atoms with Gasteiger partial charge in [0.25, 0.3) is 0 Å². The molecule has 0 heterocycles. The van der Waals surface area contributed by atoms with E-state index in [9.17, 15) is 0 Å². The Bertz CT molecular complexity index is 223. The molecule has 1 aromatic rings. The molecule has 0 saturated heterocycles. The van der Waals surface area contributed by atoms with E-state index in [0.29, 0.717) is 5.41 Å². The van der Waals surface area contributed by atoms with E-state index in [0.717, 1.165) is 10.9 Å². The lowest BCUT2D eigenvalue weighted by Gasteiger charge is -2.05. The molecule has 0 spiro atoms. The van der Waals surface area contributed by atoms with Crippen LogP contribution in [-0.4, -0.2) is 0 Å². The third-order valence-electron chi connectivity index (χ3n) is 0.733. The number of hydrogen-bond donors (Lipinski definition) is 0. The Morgan fingerprint density at radius 1 is 0.833 bits per heavy atom. The molecule has 0 unspecified atom stereocenters. The molecule has 1 rings (SSSR count). The van der Waals surface area contributed by atoms with Gasteiger partial charge in [0.2, 0.25) is 0 Å².